The van der Waals surface area contributed by atoms with Crippen LogP contribution in [0.5, 0.6) is 11.5 Å². The number of nitrogens with zero attached hydrogens (tertiary/aromatic N) is 4. The molecule has 0 N–H and O–H groups in total. The van der Waals surface area contributed by atoms with Crippen molar-refractivity contribution in [1.29, 1.82) is 0 Å². The van der Waals surface area contributed by atoms with E-state index in [1.165, 1.54) is 0 Å². The number of ether oxygens (including phenoxy) is 2. The topological polar surface area (TPSA) is 52.4 Å². The summed E-state index contributed by atoms with van der Waals surface area (Å²) < 4.78 is 37.3. The van der Waals surface area contributed by atoms with Crippen molar-refractivity contribution >= 4 is 0 Å². The maximum absolute atomic E-state index is 12.7. The first kappa shape index (κ1) is 17.1. The Morgan fingerprint density at radius 2 is 2.09 bits per heavy atom. The highest BCUT2D eigenvalue weighted by Crippen LogP contribution is 2.33. The zero-order valence-electron chi connectivity index (χ0n) is 13.4. The van der Waals surface area contributed by atoms with Gasteiger partial charge in [-0.15, -0.1) is 10.2 Å². The van der Waals surface area contributed by atoms with Crippen LogP contribution in [0.25, 0.3) is 0 Å². The van der Waals surface area contributed by atoms with Crippen LogP contribution in [-0.2, 0) is 20.1 Å². The molecule has 0 bridgehead atoms. The summed E-state index contributed by atoms with van der Waals surface area (Å²) in [4.78, 5) is 1.94. The monoisotopic (exact) mass is 326 g/mol. The Labute approximate surface area is 133 Å². The van der Waals surface area contributed by atoms with Crippen LogP contribution in [0.1, 0.15) is 18.3 Å². The third-order valence-corrected chi connectivity index (χ3v) is 3.22. The second-order valence-corrected chi connectivity index (χ2v) is 5.09. The molecule has 1 heterocycles. The Morgan fingerprint density at radius 1 is 1.30 bits per heavy atom. The summed E-state index contributed by atoms with van der Waals surface area (Å²) in [6, 6.07) is 5.12. The van der Waals surface area contributed by atoms with Crippen molar-refractivity contribution in [3.05, 3.63) is 35.9 Å². The molecule has 0 fully saturated rings. The maximum Gasteiger partial charge on any atom is 0.387 e. The van der Waals surface area contributed by atoms with Crippen molar-refractivity contribution in [3.8, 4) is 11.5 Å². The molecule has 0 radical (unpaired) electrons. The standard InChI is InChI=1S/C15H20F2N4O2/c1-4-22-12-7-5-6-11(14(12)23-15(16)17)8-20(2)9-13-19-18-10-21(13)3/h5-7,10,15H,4,8-9H2,1-3H3. The first-order chi connectivity index (χ1) is 11.0. The quantitative estimate of drug-likeness (QED) is 0.746. The molecule has 0 atom stereocenters. The number of hydrogen-bond donors (Lipinski definition) is 0. The summed E-state index contributed by atoms with van der Waals surface area (Å²) >= 11 is 0. The van der Waals surface area contributed by atoms with Crippen molar-refractivity contribution in [2.75, 3.05) is 13.7 Å². The van der Waals surface area contributed by atoms with E-state index in [1.807, 2.05) is 23.6 Å². The van der Waals surface area contributed by atoms with E-state index in [2.05, 4.69) is 14.9 Å². The Hall–Kier alpha value is -2.22. The van der Waals surface area contributed by atoms with Crippen molar-refractivity contribution in [2.45, 2.75) is 26.6 Å². The van der Waals surface area contributed by atoms with Gasteiger partial charge in [-0.2, -0.15) is 8.78 Å². The van der Waals surface area contributed by atoms with Crippen LogP contribution in [0.2, 0.25) is 0 Å². The molecule has 0 saturated carbocycles. The highest BCUT2D eigenvalue weighted by Gasteiger charge is 2.17. The van der Waals surface area contributed by atoms with Crippen LogP contribution in [0.4, 0.5) is 8.78 Å². The first-order valence-electron chi connectivity index (χ1n) is 7.22. The number of aromatic nitrogens is 3. The lowest BCUT2D eigenvalue weighted by Gasteiger charge is -2.20. The average Bonchev–Trinajstić information content (AvgIpc) is 2.87. The number of alkyl halides is 2. The fraction of sp³-hybridized carbons (Fsp3) is 0.467. The van der Waals surface area contributed by atoms with Crippen molar-refractivity contribution in [1.82, 2.24) is 19.7 Å². The third-order valence-electron chi connectivity index (χ3n) is 3.22. The molecule has 0 amide bonds. The summed E-state index contributed by atoms with van der Waals surface area (Å²) in [5.74, 6) is 1.18. The van der Waals surface area contributed by atoms with E-state index in [0.717, 1.165) is 5.82 Å². The van der Waals surface area contributed by atoms with Gasteiger partial charge in [-0.25, -0.2) is 0 Å². The number of para-hydroxylation sites is 1. The van der Waals surface area contributed by atoms with Gasteiger partial charge in [0.25, 0.3) is 0 Å². The van der Waals surface area contributed by atoms with Gasteiger partial charge in [-0.3, -0.25) is 4.90 Å². The van der Waals surface area contributed by atoms with Gasteiger partial charge in [0.1, 0.15) is 12.2 Å². The van der Waals surface area contributed by atoms with E-state index in [0.29, 0.717) is 31.0 Å². The van der Waals surface area contributed by atoms with E-state index >= 15 is 0 Å². The zero-order chi connectivity index (χ0) is 16.8. The molecule has 126 valence electrons. The van der Waals surface area contributed by atoms with Crippen molar-refractivity contribution in [2.24, 2.45) is 7.05 Å². The summed E-state index contributed by atoms with van der Waals surface area (Å²) in [5.41, 5.74) is 0.626. The summed E-state index contributed by atoms with van der Waals surface area (Å²) in [5, 5.41) is 7.83. The molecule has 0 saturated heterocycles. The average molecular weight is 326 g/mol. The molecular weight excluding hydrogens is 306 g/mol. The Bertz CT molecular complexity index is 634. The van der Waals surface area contributed by atoms with Crippen LogP contribution < -0.4 is 9.47 Å². The predicted molar refractivity (Wildman–Crippen MR) is 80.4 cm³/mol. The van der Waals surface area contributed by atoms with Crippen LogP contribution in [0, 0.1) is 0 Å². The van der Waals surface area contributed by atoms with E-state index < -0.39 is 6.61 Å². The minimum atomic E-state index is -2.90. The number of benzene rings is 1. The number of halogens is 2. The number of aryl methyl sites for hydroxylation is 1. The van der Waals surface area contributed by atoms with Gasteiger partial charge in [-0.1, -0.05) is 12.1 Å². The van der Waals surface area contributed by atoms with Gasteiger partial charge in [-0.05, 0) is 20.0 Å². The van der Waals surface area contributed by atoms with Crippen LogP contribution in [0.15, 0.2) is 24.5 Å². The molecule has 0 unspecified atom stereocenters. The second kappa shape index (κ2) is 7.87. The SMILES string of the molecule is CCOc1cccc(CN(C)Cc2nncn2C)c1OC(F)F. The van der Waals surface area contributed by atoms with E-state index in [4.69, 9.17) is 4.74 Å². The molecule has 0 spiro atoms. The third kappa shape index (κ3) is 4.62. The smallest absolute Gasteiger partial charge is 0.387 e. The molecule has 2 rings (SSSR count). The number of rotatable bonds is 8. The molecule has 8 heteroatoms. The fourth-order valence-electron chi connectivity index (χ4n) is 2.22. The fourth-order valence-corrected chi connectivity index (χ4v) is 2.22. The van der Waals surface area contributed by atoms with Gasteiger partial charge in [0.15, 0.2) is 11.5 Å². The van der Waals surface area contributed by atoms with Crippen molar-refractivity contribution in [3.63, 3.8) is 0 Å². The molecule has 23 heavy (non-hydrogen) atoms. The lowest BCUT2D eigenvalue weighted by atomic mass is 10.1. The predicted octanol–water partition coefficient (Wildman–Crippen LogP) is 2.45. The van der Waals surface area contributed by atoms with E-state index in [-0.39, 0.29) is 5.75 Å². The van der Waals surface area contributed by atoms with E-state index in [9.17, 15) is 8.78 Å². The van der Waals surface area contributed by atoms with Crippen LogP contribution >= 0.6 is 0 Å². The van der Waals surface area contributed by atoms with Gasteiger partial charge in [0.2, 0.25) is 0 Å². The molecular formula is C15H20F2N4O2. The molecule has 2 aromatic rings. The summed E-state index contributed by atoms with van der Waals surface area (Å²) in [7, 11) is 3.72. The summed E-state index contributed by atoms with van der Waals surface area (Å²) in [6.07, 6.45) is 1.62. The highest BCUT2D eigenvalue weighted by molar-refractivity contribution is 5.46. The van der Waals surface area contributed by atoms with Gasteiger partial charge in [0.05, 0.1) is 13.2 Å². The normalized spacial score (nSPS) is 11.3. The Balaban J connectivity index is 2.17. The molecule has 1 aromatic carbocycles. The van der Waals surface area contributed by atoms with E-state index in [1.54, 1.807) is 31.5 Å². The van der Waals surface area contributed by atoms with Gasteiger partial charge < -0.3 is 14.0 Å². The van der Waals surface area contributed by atoms with Gasteiger partial charge in [0, 0.05) is 19.2 Å². The van der Waals surface area contributed by atoms with Crippen molar-refractivity contribution < 1.29 is 18.3 Å². The lowest BCUT2D eigenvalue weighted by molar-refractivity contribution is -0.0523. The van der Waals surface area contributed by atoms with Crippen LogP contribution in [-0.4, -0.2) is 39.9 Å². The zero-order valence-corrected chi connectivity index (χ0v) is 13.4. The van der Waals surface area contributed by atoms with Gasteiger partial charge >= 0.3 is 6.61 Å². The molecule has 1 aromatic heterocycles. The first-order valence-corrected chi connectivity index (χ1v) is 7.22. The number of hydrogen-bond acceptors (Lipinski definition) is 5. The highest BCUT2D eigenvalue weighted by atomic mass is 19.3. The lowest BCUT2D eigenvalue weighted by Crippen LogP contribution is -2.20. The molecule has 0 aliphatic carbocycles. The second-order valence-electron chi connectivity index (χ2n) is 5.09. The summed E-state index contributed by atoms with van der Waals surface area (Å²) in [6.45, 7) is 0.204. The Kier molecular flexibility index (Phi) is 5.86. The minimum absolute atomic E-state index is 0.0779. The minimum Gasteiger partial charge on any atom is -0.490 e. The Morgan fingerprint density at radius 3 is 2.70 bits per heavy atom. The molecule has 6 nitrogen and oxygen atoms in total. The maximum atomic E-state index is 12.7. The van der Waals surface area contributed by atoms with Crippen LogP contribution in [0.3, 0.4) is 0 Å². The molecule has 0 aliphatic heterocycles. The largest absolute Gasteiger partial charge is 0.490 e. The molecule has 0 aliphatic rings.